The third-order valence-corrected chi connectivity index (χ3v) is 4.30. The normalized spacial score (nSPS) is 12.2. The quantitative estimate of drug-likeness (QED) is 0.367. The van der Waals surface area contributed by atoms with E-state index in [9.17, 15) is 8.42 Å². The first-order chi connectivity index (χ1) is 10.1. The van der Waals surface area contributed by atoms with Gasteiger partial charge in [0.05, 0.1) is 5.75 Å². The summed E-state index contributed by atoms with van der Waals surface area (Å²) in [5.74, 6) is 0.762. The standard InChI is InChI=1S/C14H24N4O2S/c1-3-21(19,20)18-12-11-17-14(15-2)16-10-9-13-7-5-4-6-8-13/h4-8,18H,3,9-12H2,1-2H3,(H2,15,16,17). The molecule has 7 heteroatoms. The first-order valence-corrected chi connectivity index (χ1v) is 8.68. The number of hydrogen-bond donors (Lipinski definition) is 3. The number of sulfonamides is 1. The molecule has 0 radical (unpaired) electrons. The average Bonchev–Trinajstić information content (AvgIpc) is 2.50. The van der Waals surface area contributed by atoms with Crippen LogP contribution in [0.25, 0.3) is 0 Å². The van der Waals surface area contributed by atoms with Gasteiger partial charge in [0, 0.05) is 26.7 Å². The molecule has 0 unspecified atom stereocenters. The van der Waals surface area contributed by atoms with Gasteiger partial charge in [-0.15, -0.1) is 0 Å². The Bertz CT molecular complexity index is 529. The van der Waals surface area contributed by atoms with Gasteiger partial charge in [0.1, 0.15) is 0 Å². The van der Waals surface area contributed by atoms with Crippen molar-refractivity contribution in [2.24, 2.45) is 4.99 Å². The molecular weight excluding hydrogens is 288 g/mol. The van der Waals surface area contributed by atoms with E-state index in [-0.39, 0.29) is 5.75 Å². The Hall–Kier alpha value is -1.60. The first kappa shape index (κ1) is 17.5. The van der Waals surface area contributed by atoms with E-state index in [0.29, 0.717) is 19.0 Å². The minimum Gasteiger partial charge on any atom is -0.356 e. The van der Waals surface area contributed by atoms with Gasteiger partial charge in [-0.05, 0) is 18.9 Å². The van der Waals surface area contributed by atoms with Gasteiger partial charge >= 0.3 is 0 Å². The maximum atomic E-state index is 11.3. The number of hydrogen-bond acceptors (Lipinski definition) is 3. The van der Waals surface area contributed by atoms with E-state index < -0.39 is 10.0 Å². The zero-order chi connectivity index (χ0) is 15.6. The summed E-state index contributed by atoms with van der Waals surface area (Å²) in [5, 5.41) is 6.26. The lowest BCUT2D eigenvalue weighted by Crippen LogP contribution is -2.42. The molecule has 21 heavy (non-hydrogen) atoms. The van der Waals surface area contributed by atoms with Crippen LogP contribution in [0.2, 0.25) is 0 Å². The van der Waals surface area contributed by atoms with Crippen LogP contribution in [0.15, 0.2) is 35.3 Å². The smallest absolute Gasteiger partial charge is 0.211 e. The molecule has 0 bridgehead atoms. The zero-order valence-corrected chi connectivity index (χ0v) is 13.4. The van der Waals surface area contributed by atoms with Gasteiger partial charge < -0.3 is 10.6 Å². The summed E-state index contributed by atoms with van der Waals surface area (Å²) < 4.78 is 25.0. The summed E-state index contributed by atoms with van der Waals surface area (Å²) in [7, 11) is -1.44. The van der Waals surface area contributed by atoms with Crippen LogP contribution in [0.3, 0.4) is 0 Å². The number of nitrogens with zero attached hydrogens (tertiary/aromatic N) is 1. The van der Waals surface area contributed by atoms with E-state index in [1.54, 1.807) is 14.0 Å². The predicted molar refractivity (Wildman–Crippen MR) is 87.0 cm³/mol. The van der Waals surface area contributed by atoms with Gasteiger partial charge in [0.25, 0.3) is 0 Å². The highest BCUT2D eigenvalue weighted by atomic mass is 32.2. The number of benzene rings is 1. The molecule has 0 atom stereocenters. The van der Waals surface area contributed by atoms with Crippen LogP contribution in [-0.4, -0.2) is 46.8 Å². The lowest BCUT2D eigenvalue weighted by Gasteiger charge is -2.12. The summed E-state index contributed by atoms with van der Waals surface area (Å²) in [6.07, 6.45) is 0.907. The summed E-state index contributed by atoms with van der Waals surface area (Å²) in [5.41, 5.74) is 1.26. The van der Waals surface area contributed by atoms with E-state index in [0.717, 1.165) is 13.0 Å². The molecule has 0 aliphatic carbocycles. The SMILES string of the molecule is CCS(=O)(=O)NCCNC(=NC)NCCc1ccccc1. The van der Waals surface area contributed by atoms with E-state index in [2.05, 4.69) is 32.5 Å². The largest absolute Gasteiger partial charge is 0.356 e. The van der Waals surface area contributed by atoms with Gasteiger partial charge in [-0.1, -0.05) is 30.3 Å². The molecule has 0 aliphatic rings. The van der Waals surface area contributed by atoms with Gasteiger partial charge in [-0.2, -0.15) is 0 Å². The molecule has 0 saturated carbocycles. The fourth-order valence-electron chi connectivity index (χ4n) is 1.68. The molecule has 0 amide bonds. The molecule has 0 spiro atoms. The molecular formula is C14H24N4O2S. The number of aliphatic imine (C=N–C) groups is 1. The van der Waals surface area contributed by atoms with Gasteiger partial charge in [-0.3, -0.25) is 4.99 Å². The topological polar surface area (TPSA) is 82.6 Å². The van der Waals surface area contributed by atoms with Crippen molar-refractivity contribution in [2.75, 3.05) is 32.4 Å². The monoisotopic (exact) mass is 312 g/mol. The van der Waals surface area contributed by atoms with Crippen LogP contribution in [-0.2, 0) is 16.4 Å². The minimum absolute atomic E-state index is 0.0943. The second-order valence-corrected chi connectivity index (χ2v) is 6.55. The van der Waals surface area contributed by atoms with Crippen LogP contribution >= 0.6 is 0 Å². The Labute approximate surface area is 127 Å². The number of rotatable bonds is 8. The van der Waals surface area contributed by atoms with Crippen LogP contribution in [0.5, 0.6) is 0 Å². The van der Waals surface area contributed by atoms with Crippen molar-refractivity contribution in [1.29, 1.82) is 0 Å². The van der Waals surface area contributed by atoms with Gasteiger partial charge in [-0.25, -0.2) is 13.1 Å². The molecule has 0 heterocycles. The molecule has 6 nitrogen and oxygen atoms in total. The molecule has 1 aromatic rings. The van der Waals surface area contributed by atoms with Crippen LogP contribution in [0, 0.1) is 0 Å². The third-order valence-electron chi connectivity index (χ3n) is 2.89. The number of guanidine groups is 1. The van der Waals surface area contributed by atoms with Gasteiger partial charge in [0.2, 0.25) is 10.0 Å². The highest BCUT2D eigenvalue weighted by Gasteiger charge is 2.04. The average molecular weight is 312 g/mol. The maximum absolute atomic E-state index is 11.3. The Morgan fingerprint density at radius 1 is 1.10 bits per heavy atom. The fourth-order valence-corrected chi connectivity index (χ4v) is 2.30. The van der Waals surface area contributed by atoms with Crippen LogP contribution in [0.4, 0.5) is 0 Å². The molecule has 118 valence electrons. The lowest BCUT2D eigenvalue weighted by molar-refractivity contribution is 0.582. The van der Waals surface area contributed by atoms with Crippen molar-refractivity contribution in [1.82, 2.24) is 15.4 Å². The summed E-state index contributed by atoms with van der Waals surface area (Å²) in [6, 6.07) is 10.2. The molecule has 3 N–H and O–H groups in total. The van der Waals surface area contributed by atoms with Crippen molar-refractivity contribution >= 4 is 16.0 Å². The van der Waals surface area contributed by atoms with Crippen LogP contribution < -0.4 is 15.4 Å². The molecule has 0 fully saturated rings. The zero-order valence-electron chi connectivity index (χ0n) is 12.6. The van der Waals surface area contributed by atoms with Crippen LogP contribution in [0.1, 0.15) is 12.5 Å². The Kier molecular flexibility index (Phi) is 7.78. The second kappa shape index (κ2) is 9.36. The van der Waals surface area contributed by atoms with Crippen molar-refractivity contribution in [2.45, 2.75) is 13.3 Å². The van der Waals surface area contributed by atoms with Crippen molar-refractivity contribution < 1.29 is 8.42 Å². The van der Waals surface area contributed by atoms with Crippen molar-refractivity contribution in [3.05, 3.63) is 35.9 Å². The second-order valence-electron chi connectivity index (χ2n) is 4.46. The summed E-state index contributed by atoms with van der Waals surface area (Å²) >= 11 is 0. The Balaban J connectivity index is 2.21. The summed E-state index contributed by atoms with van der Waals surface area (Å²) in [4.78, 5) is 4.09. The third kappa shape index (κ3) is 7.67. The van der Waals surface area contributed by atoms with E-state index in [4.69, 9.17) is 0 Å². The lowest BCUT2D eigenvalue weighted by atomic mass is 10.1. The Morgan fingerprint density at radius 2 is 1.76 bits per heavy atom. The predicted octanol–water partition coefficient (Wildman–Crippen LogP) is 0.333. The van der Waals surface area contributed by atoms with Crippen molar-refractivity contribution in [3.8, 4) is 0 Å². The van der Waals surface area contributed by atoms with Crippen molar-refractivity contribution in [3.63, 3.8) is 0 Å². The highest BCUT2D eigenvalue weighted by Crippen LogP contribution is 1.97. The van der Waals surface area contributed by atoms with Gasteiger partial charge in [0.15, 0.2) is 5.96 Å². The maximum Gasteiger partial charge on any atom is 0.211 e. The van der Waals surface area contributed by atoms with E-state index >= 15 is 0 Å². The highest BCUT2D eigenvalue weighted by molar-refractivity contribution is 7.89. The summed E-state index contributed by atoms with van der Waals surface area (Å²) in [6.45, 7) is 3.21. The first-order valence-electron chi connectivity index (χ1n) is 7.03. The molecule has 0 saturated heterocycles. The molecule has 0 aliphatic heterocycles. The minimum atomic E-state index is -3.13. The molecule has 1 rings (SSSR count). The fraction of sp³-hybridized carbons (Fsp3) is 0.500. The van der Waals surface area contributed by atoms with E-state index in [1.807, 2.05) is 18.2 Å². The Morgan fingerprint density at radius 3 is 2.38 bits per heavy atom. The van der Waals surface area contributed by atoms with E-state index in [1.165, 1.54) is 5.56 Å². The number of nitrogens with one attached hydrogen (secondary N) is 3. The molecule has 1 aromatic carbocycles. The molecule has 0 aromatic heterocycles.